The first-order valence-corrected chi connectivity index (χ1v) is 18.5. The highest BCUT2D eigenvalue weighted by Crippen LogP contribution is 2.44. The zero-order chi connectivity index (χ0) is 36.6. The SMILES string of the molecule is c1ccc(-c2cc(-c3ccc4c(c3)c3ccccc3n4-c3ccccc3)c(-c3ccccc3)c(-c3nc(-c4ccccc4)nc(-c4ccccc4)n3)c2)cc1. The van der Waals surface area contributed by atoms with Crippen molar-refractivity contribution in [1.29, 1.82) is 0 Å². The lowest BCUT2D eigenvalue weighted by molar-refractivity contribution is 1.07. The lowest BCUT2D eigenvalue weighted by Gasteiger charge is -2.19. The third-order valence-electron chi connectivity index (χ3n) is 10.2. The monoisotopic (exact) mass is 702 g/mol. The van der Waals surface area contributed by atoms with Crippen LogP contribution in [0.15, 0.2) is 206 Å². The Kier molecular flexibility index (Phi) is 8.12. The molecule has 0 fully saturated rings. The summed E-state index contributed by atoms with van der Waals surface area (Å²) in [5, 5.41) is 2.40. The number of benzene rings is 8. The van der Waals surface area contributed by atoms with Crippen molar-refractivity contribution in [3.05, 3.63) is 206 Å². The van der Waals surface area contributed by atoms with E-state index >= 15 is 0 Å². The molecule has 10 rings (SSSR count). The third-order valence-corrected chi connectivity index (χ3v) is 10.2. The van der Waals surface area contributed by atoms with Gasteiger partial charge in [0, 0.05) is 38.7 Å². The van der Waals surface area contributed by atoms with Gasteiger partial charge >= 0.3 is 0 Å². The van der Waals surface area contributed by atoms with Crippen LogP contribution in [0.2, 0.25) is 0 Å². The van der Waals surface area contributed by atoms with E-state index in [1.54, 1.807) is 0 Å². The molecule has 4 heteroatoms. The minimum absolute atomic E-state index is 0.618. The van der Waals surface area contributed by atoms with Crippen molar-refractivity contribution in [2.45, 2.75) is 0 Å². The van der Waals surface area contributed by atoms with Crippen LogP contribution < -0.4 is 0 Å². The van der Waals surface area contributed by atoms with Crippen LogP contribution in [-0.4, -0.2) is 19.5 Å². The van der Waals surface area contributed by atoms with Crippen LogP contribution in [0.25, 0.3) is 95.0 Å². The molecular weight excluding hydrogens is 669 g/mol. The average Bonchev–Trinajstić information content (AvgIpc) is 3.61. The topological polar surface area (TPSA) is 43.6 Å². The van der Waals surface area contributed by atoms with E-state index in [1.807, 2.05) is 36.4 Å². The molecule has 0 aliphatic heterocycles. The largest absolute Gasteiger partial charge is 0.309 e. The Balaban J connectivity index is 1.29. The minimum atomic E-state index is 0.618. The molecule has 4 nitrogen and oxygen atoms in total. The number of para-hydroxylation sites is 2. The molecule has 0 saturated heterocycles. The standard InChI is InChI=1S/C51H34N4/c1-6-18-35(19-7-1)40-33-43(39-30-31-47-44(32-39)42-28-16-17-29-46(42)55(47)41-26-14-5-15-27-41)48(36-20-8-2-9-21-36)45(34-40)51-53-49(37-22-10-3-11-23-37)52-50(54-51)38-24-12-4-13-25-38/h1-34H. The van der Waals surface area contributed by atoms with E-state index in [2.05, 4.69) is 174 Å². The van der Waals surface area contributed by atoms with Crippen molar-refractivity contribution in [1.82, 2.24) is 19.5 Å². The van der Waals surface area contributed by atoms with Gasteiger partial charge in [0.2, 0.25) is 0 Å². The van der Waals surface area contributed by atoms with Crippen LogP contribution in [-0.2, 0) is 0 Å². The van der Waals surface area contributed by atoms with Crippen LogP contribution in [0, 0.1) is 0 Å². The maximum absolute atomic E-state index is 5.26. The highest BCUT2D eigenvalue weighted by atomic mass is 15.0. The van der Waals surface area contributed by atoms with Crippen LogP contribution in [0.1, 0.15) is 0 Å². The number of rotatable bonds is 7. The second-order valence-corrected chi connectivity index (χ2v) is 13.6. The van der Waals surface area contributed by atoms with Gasteiger partial charge in [0.25, 0.3) is 0 Å². The lowest BCUT2D eigenvalue weighted by Crippen LogP contribution is -2.02. The predicted octanol–water partition coefficient (Wildman–Crippen LogP) is 13.0. The van der Waals surface area contributed by atoms with Crippen LogP contribution in [0.4, 0.5) is 0 Å². The highest BCUT2D eigenvalue weighted by Gasteiger charge is 2.22. The molecule has 55 heavy (non-hydrogen) atoms. The number of aromatic nitrogens is 4. The Labute approximate surface area is 319 Å². The van der Waals surface area contributed by atoms with Crippen LogP contribution in [0.5, 0.6) is 0 Å². The van der Waals surface area contributed by atoms with Gasteiger partial charge in [-0.1, -0.05) is 164 Å². The Morgan fingerprint density at radius 2 is 0.764 bits per heavy atom. The fraction of sp³-hybridized carbons (Fsp3) is 0. The summed E-state index contributed by atoms with van der Waals surface area (Å²) in [6.07, 6.45) is 0. The summed E-state index contributed by atoms with van der Waals surface area (Å²) in [4.78, 5) is 15.5. The molecule has 258 valence electrons. The van der Waals surface area contributed by atoms with E-state index in [-0.39, 0.29) is 0 Å². The van der Waals surface area contributed by atoms with E-state index in [0.29, 0.717) is 17.5 Å². The smallest absolute Gasteiger partial charge is 0.164 e. The molecule has 0 amide bonds. The van der Waals surface area contributed by atoms with E-state index in [4.69, 9.17) is 15.0 Å². The van der Waals surface area contributed by atoms with E-state index in [1.165, 1.54) is 16.3 Å². The minimum Gasteiger partial charge on any atom is -0.309 e. The summed E-state index contributed by atoms with van der Waals surface area (Å²) in [6, 6.07) is 72.3. The van der Waals surface area contributed by atoms with Gasteiger partial charge < -0.3 is 4.57 Å². The van der Waals surface area contributed by atoms with Crippen molar-refractivity contribution in [2.75, 3.05) is 0 Å². The maximum Gasteiger partial charge on any atom is 0.164 e. The fourth-order valence-corrected chi connectivity index (χ4v) is 7.68. The molecule has 0 unspecified atom stereocenters. The van der Waals surface area contributed by atoms with Gasteiger partial charge in [0.05, 0.1) is 11.0 Å². The molecule has 0 saturated carbocycles. The normalized spacial score (nSPS) is 11.3. The average molecular weight is 703 g/mol. The number of fused-ring (bicyclic) bond motifs is 3. The van der Waals surface area contributed by atoms with Crippen LogP contribution >= 0.6 is 0 Å². The summed E-state index contributed by atoms with van der Waals surface area (Å²) in [7, 11) is 0. The first-order chi connectivity index (χ1) is 27.3. The first kappa shape index (κ1) is 32.2. The molecule has 0 radical (unpaired) electrons. The van der Waals surface area contributed by atoms with Gasteiger partial charge in [0.1, 0.15) is 0 Å². The molecule has 0 aliphatic rings. The maximum atomic E-state index is 5.26. The molecule has 0 aliphatic carbocycles. The molecule has 10 aromatic rings. The van der Waals surface area contributed by atoms with Gasteiger partial charge in [-0.05, 0) is 70.3 Å². The van der Waals surface area contributed by atoms with E-state index in [0.717, 1.165) is 61.3 Å². The van der Waals surface area contributed by atoms with Crippen molar-refractivity contribution in [3.8, 4) is 73.2 Å². The number of hydrogen-bond donors (Lipinski definition) is 0. The second-order valence-electron chi connectivity index (χ2n) is 13.6. The highest BCUT2D eigenvalue weighted by molar-refractivity contribution is 6.11. The Morgan fingerprint density at radius 3 is 1.38 bits per heavy atom. The van der Waals surface area contributed by atoms with Gasteiger partial charge in [-0.25, -0.2) is 15.0 Å². The Hall–Kier alpha value is -7.43. The summed E-state index contributed by atoms with van der Waals surface area (Å²) < 4.78 is 2.36. The Morgan fingerprint density at radius 1 is 0.291 bits per heavy atom. The van der Waals surface area contributed by atoms with Crippen LogP contribution in [0.3, 0.4) is 0 Å². The molecule has 2 heterocycles. The summed E-state index contributed by atoms with van der Waals surface area (Å²) in [5.74, 6) is 1.88. The summed E-state index contributed by atoms with van der Waals surface area (Å²) in [5.41, 5.74) is 12.8. The van der Waals surface area contributed by atoms with Gasteiger partial charge in [-0.15, -0.1) is 0 Å². The zero-order valence-electron chi connectivity index (χ0n) is 29.9. The lowest BCUT2D eigenvalue weighted by atomic mass is 9.86. The summed E-state index contributed by atoms with van der Waals surface area (Å²) in [6.45, 7) is 0. The van der Waals surface area contributed by atoms with Crippen molar-refractivity contribution >= 4 is 21.8 Å². The third kappa shape index (κ3) is 5.96. The number of hydrogen-bond acceptors (Lipinski definition) is 3. The molecular formula is C51H34N4. The van der Waals surface area contributed by atoms with Crippen molar-refractivity contribution in [3.63, 3.8) is 0 Å². The molecule has 0 N–H and O–H groups in total. The van der Waals surface area contributed by atoms with E-state index < -0.39 is 0 Å². The van der Waals surface area contributed by atoms with Gasteiger partial charge in [0.15, 0.2) is 17.5 Å². The van der Waals surface area contributed by atoms with E-state index in [9.17, 15) is 0 Å². The second kappa shape index (κ2) is 13.8. The van der Waals surface area contributed by atoms with Gasteiger partial charge in [-0.2, -0.15) is 0 Å². The van der Waals surface area contributed by atoms with Crippen molar-refractivity contribution in [2.24, 2.45) is 0 Å². The summed E-state index contributed by atoms with van der Waals surface area (Å²) >= 11 is 0. The Bertz CT molecular complexity index is 2880. The van der Waals surface area contributed by atoms with Gasteiger partial charge in [-0.3, -0.25) is 0 Å². The first-order valence-electron chi connectivity index (χ1n) is 18.5. The molecule has 0 atom stereocenters. The molecule has 0 spiro atoms. The fourth-order valence-electron chi connectivity index (χ4n) is 7.68. The molecule has 8 aromatic carbocycles. The quantitative estimate of drug-likeness (QED) is 0.166. The van der Waals surface area contributed by atoms with Crippen molar-refractivity contribution < 1.29 is 0 Å². The predicted molar refractivity (Wildman–Crippen MR) is 227 cm³/mol. The zero-order valence-corrected chi connectivity index (χ0v) is 29.9. The molecule has 2 aromatic heterocycles. The number of nitrogens with zero attached hydrogens (tertiary/aromatic N) is 4. The molecule has 0 bridgehead atoms.